The normalized spacial score (nSPS) is 10.9. The Morgan fingerprint density at radius 2 is 2.00 bits per heavy atom. The van der Waals surface area contributed by atoms with Crippen LogP contribution in [0.2, 0.25) is 0 Å². The first-order valence-corrected chi connectivity index (χ1v) is 4.88. The summed E-state index contributed by atoms with van der Waals surface area (Å²) in [4.78, 5) is 25.6. The van der Waals surface area contributed by atoms with E-state index in [0.717, 1.165) is 0 Å². The largest absolute Gasteiger partial charge is 0.312 e. The molecule has 1 amide bonds. The van der Waals surface area contributed by atoms with Crippen LogP contribution in [0.4, 0.5) is 0 Å². The molecule has 0 aromatic carbocycles. The highest BCUT2D eigenvalue weighted by Crippen LogP contribution is 1.84. The van der Waals surface area contributed by atoms with E-state index in [1.54, 1.807) is 12.4 Å². The number of hydrogen-bond acceptors (Lipinski definition) is 5. The van der Waals surface area contributed by atoms with E-state index in [4.69, 9.17) is 4.55 Å². The van der Waals surface area contributed by atoms with E-state index in [9.17, 15) is 18.0 Å². The zero-order chi connectivity index (χ0) is 10.5. The first-order valence-electron chi connectivity index (χ1n) is 3.27. The van der Waals surface area contributed by atoms with Gasteiger partial charge in [-0.2, -0.15) is 8.42 Å². The number of ketones is 1. The van der Waals surface area contributed by atoms with Gasteiger partial charge in [-0.3, -0.25) is 19.0 Å². The van der Waals surface area contributed by atoms with Gasteiger partial charge in [0.1, 0.15) is 5.75 Å². The lowest BCUT2D eigenvalue weighted by Crippen LogP contribution is -2.34. The lowest BCUT2D eigenvalue weighted by atomic mass is 10.4. The average Bonchev–Trinajstić information content (AvgIpc) is 1.96. The standard InChI is InChI=1S/C5H9NO6S/c1-2-12-6-5(8)4(7)3-13(9,10)11/h2-3H2,1H3,(H,6,8)(H,9,10,11). The minimum atomic E-state index is -4.46. The topological polar surface area (TPSA) is 110 Å². The third kappa shape index (κ3) is 6.20. The summed E-state index contributed by atoms with van der Waals surface area (Å²) in [6.07, 6.45) is 0. The van der Waals surface area contributed by atoms with Gasteiger partial charge in [0, 0.05) is 0 Å². The molecular formula is C5H9NO6S. The second kappa shape index (κ2) is 4.90. The van der Waals surface area contributed by atoms with E-state index in [1.807, 2.05) is 0 Å². The van der Waals surface area contributed by atoms with Gasteiger partial charge in [-0.15, -0.1) is 0 Å². The predicted molar refractivity (Wildman–Crippen MR) is 41.2 cm³/mol. The molecule has 0 rings (SSSR count). The minimum absolute atomic E-state index is 0.144. The summed E-state index contributed by atoms with van der Waals surface area (Å²) >= 11 is 0. The van der Waals surface area contributed by atoms with Crippen molar-refractivity contribution in [1.29, 1.82) is 0 Å². The second-order valence-corrected chi connectivity index (χ2v) is 3.47. The number of rotatable bonds is 5. The molecule has 0 aromatic heterocycles. The highest BCUT2D eigenvalue weighted by atomic mass is 32.2. The molecule has 0 heterocycles. The molecule has 0 aliphatic heterocycles. The molecule has 76 valence electrons. The van der Waals surface area contributed by atoms with Crippen molar-refractivity contribution >= 4 is 21.8 Å². The second-order valence-electron chi connectivity index (χ2n) is 2.01. The van der Waals surface area contributed by atoms with Crippen molar-refractivity contribution in [3.05, 3.63) is 0 Å². The van der Waals surface area contributed by atoms with Gasteiger partial charge in [0.05, 0.1) is 6.61 Å². The number of carbonyl (C=O) groups is 2. The Labute approximate surface area is 74.8 Å². The predicted octanol–water partition coefficient (Wildman–Crippen LogP) is -1.49. The Morgan fingerprint density at radius 1 is 1.46 bits per heavy atom. The number of hydrogen-bond donors (Lipinski definition) is 2. The van der Waals surface area contributed by atoms with Gasteiger partial charge in [0.2, 0.25) is 5.78 Å². The van der Waals surface area contributed by atoms with Crippen LogP contribution in [0.5, 0.6) is 0 Å². The molecule has 0 spiro atoms. The SMILES string of the molecule is CCONC(=O)C(=O)CS(=O)(=O)O. The summed E-state index contributed by atoms with van der Waals surface area (Å²) in [7, 11) is -4.46. The molecule has 0 radical (unpaired) electrons. The van der Waals surface area contributed by atoms with E-state index in [1.165, 1.54) is 0 Å². The number of nitrogens with one attached hydrogen (secondary N) is 1. The molecule has 2 N–H and O–H groups in total. The molecule has 0 bridgehead atoms. The van der Waals surface area contributed by atoms with Crippen LogP contribution in [0.15, 0.2) is 0 Å². The zero-order valence-corrected chi connectivity index (χ0v) is 7.63. The lowest BCUT2D eigenvalue weighted by molar-refractivity contribution is -0.144. The molecule has 0 fully saturated rings. The molecule has 13 heavy (non-hydrogen) atoms. The van der Waals surface area contributed by atoms with Crippen molar-refractivity contribution in [3.8, 4) is 0 Å². The van der Waals surface area contributed by atoms with Crippen molar-refractivity contribution < 1.29 is 27.4 Å². The van der Waals surface area contributed by atoms with Crippen LogP contribution < -0.4 is 5.48 Å². The van der Waals surface area contributed by atoms with E-state index in [0.29, 0.717) is 0 Å². The van der Waals surface area contributed by atoms with Crippen LogP contribution in [0.25, 0.3) is 0 Å². The fourth-order valence-electron chi connectivity index (χ4n) is 0.426. The Balaban J connectivity index is 4.06. The quantitative estimate of drug-likeness (QED) is 0.325. The summed E-state index contributed by atoms with van der Waals surface area (Å²) in [5.74, 6) is -3.73. The maximum absolute atomic E-state index is 10.6. The Kier molecular flexibility index (Phi) is 4.52. The van der Waals surface area contributed by atoms with Gasteiger partial charge < -0.3 is 0 Å². The summed E-state index contributed by atoms with van der Waals surface area (Å²) in [6, 6.07) is 0. The van der Waals surface area contributed by atoms with Gasteiger partial charge >= 0.3 is 5.91 Å². The van der Waals surface area contributed by atoms with E-state index in [-0.39, 0.29) is 6.61 Å². The number of hydroxylamine groups is 1. The molecule has 8 heteroatoms. The fourth-order valence-corrected chi connectivity index (χ4v) is 0.888. The van der Waals surface area contributed by atoms with Gasteiger partial charge in [-0.05, 0) is 6.92 Å². The van der Waals surface area contributed by atoms with E-state index >= 15 is 0 Å². The fraction of sp³-hybridized carbons (Fsp3) is 0.600. The van der Waals surface area contributed by atoms with E-state index < -0.39 is 27.6 Å². The van der Waals surface area contributed by atoms with Crippen LogP contribution in [0, 0.1) is 0 Å². The number of Topliss-reactive ketones (excluding diaryl/α,β-unsaturated/α-hetero) is 1. The van der Waals surface area contributed by atoms with Crippen LogP contribution in [0.3, 0.4) is 0 Å². The van der Waals surface area contributed by atoms with Crippen molar-refractivity contribution in [2.45, 2.75) is 6.92 Å². The molecule has 0 atom stereocenters. The maximum atomic E-state index is 10.6. The van der Waals surface area contributed by atoms with Crippen molar-refractivity contribution in [1.82, 2.24) is 5.48 Å². The Hall–Kier alpha value is -0.990. The molecule has 0 aromatic rings. The molecule has 0 unspecified atom stereocenters. The van der Waals surface area contributed by atoms with Crippen molar-refractivity contribution in [2.24, 2.45) is 0 Å². The molecule has 0 aliphatic rings. The molecule has 7 nitrogen and oxygen atoms in total. The van der Waals surface area contributed by atoms with Crippen LogP contribution in [-0.4, -0.2) is 37.0 Å². The summed E-state index contributed by atoms with van der Waals surface area (Å²) in [5.41, 5.74) is 1.69. The lowest BCUT2D eigenvalue weighted by Gasteiger charge is -2.00. The average molecular weight is 211 g/mol. The highest BCUT2D eigenvalue weighted by molar-refractivity contribution is 7.86. The Bertz CT molecular complexity index is 294. The monoisotopic (exact) mass is 211 g/mol. The molecular weight excluding hydrogens is 202 g/mol. The summed E-state index contributed by atoms with van der Waals surface area (Å²) in [5, 5.41) is 0. The molecule has 0 saturated carbocycles. The van der Waals surface area contributed by atoms with Crippen LogP contribution >= 0.6 is 0 Å². The highest BCUT2D eigenvalue weighted by Gasteiger charge is 2.20. The first kappa shape index (κ1) is 12.0. The minimum Gasteiger partial charge on any atom is -0.287 e. The third-order valence-electron chi connectivity index (χ3n) is 0.876. The number of amides is 1. The first-order chi connectivity index (χ1) is 5.87. The van der Waals surface area contributed by atoms with Crippen LogP contribution in [0.1, 0.15) is 6.92 Å². The summed E-state index contributed by atoms with van der Waals surface area (Å²) in [6.45, 7) is 1.71. The number of carbonyl (C=O) groups excluding carboxylic acids is 2. The van der Waals surface area contributed by atoms with Gasteiger partial charge in [0.25, 0.3) is 10.1 Å². The van der Waals surface area contributed by atoms with Crippen molar-refractivity contribution in [2.75, 3.05) is 12.4 Å². The molecule has 0 saturated heterocycles. The maximum Gasteiger partial charge on any atom is 0.312 e. The molecule has 0 aliphatic carbocycles. The Morgan fingerprint density at radius 3 is 2.38 bits per heavy atom. The zero-order valence-electron chi connectivity index (χ0n) is 6.81. The summed E-state index contributed by atoms with van der Waals surface area (Å²) < 4.78 is 28.5. The van der Waals surface area contributed by atoms with Gasteiger partial charge in [-0.25, -0.2) is 5.48 Å². The van der Waals surface area contributed by atoms with E-state index in [2.05, 4.69) is 4.84 Å². The smallest absolute Gasteiger partial charge is 0.287 e. The van der Waals surface area contributed by atoms with Crippen molar-refractivity contribution in [3.63, 3.8) is 0 Å². The third-order valence-corrected chi connectivity index (χ3v) is 1.50. The van der Waals surface area contributed by atoms with Crippen LogP contribution in [-0.2, 0) is 24.5 Å². The van der Waals surface area contributed by atoms with Gasteiger partial charge in [0.15, 0.2) is 0 Å². The van der Waals surface area contributed by atoms with Gasteiger partial charge in [-0.1, -0.05) is 0 Å².